The first-order chi connectivity index (χ1) is 17.8. The average Bonchev–Trinajstić information content (AvgIpc) is 2.84. The Bertz CT molecular complexity index is 949. The second-order valence-electron chi connectivity index (χ2n) is 9.96. The van der Waals surface area contributed by atoms with Crippen molar-refractivity contribution in [3.8, 4) is 5.75 Å². The van der Waals surface area contributed by atoms with Crippen molar-refractivity contribution in [1.82, 2.24) is 15.5 Å². The number of aromatic hydroxyl groups is 1. The van der Waals surface area contributed by atoms with Gasteiger partial charge in [0.15, 0.2) is 0 Å². The number of nitrogens with one attached hydrogen (secondary N) is 2. The van der Waals surface area contributed by atoms with Gasteiger partial charge in [-0.15, -0.1) is 0 Å². The topological polar surface area (TPSA) is 134 Å². The number of thioether (sulfide) groups is 1. The van der Waals surface area contributed by atoms with Crippen molar-refractivity contribution >= 4 is 35.6 Å². The molecule has 11 heteroatoms. The van der Waals surface area contributed by atoms with E-state index in [1.165, 1.54) is 29.8 Å². The molecule has 0 saturated carbocycles. The Balaban J connectivity index is 3.50. The summed E-state index contributed by atoms with van der Waals surface area (Å²) in [5.74, 6) is -1.01. The molecule has 2 atom stereocenters. The van der Waals surface area contributed by atoms with E-state index in [9.17, 15) is 24.3 Å². The molecular weight excluding hydrogens is 510 g/mol. The van der Waals surface area contributed by atoms with Crippen LogP contribution in [0.15, 0.2) is 18.2 Å². The normalized spacial score (nSPS) is 12.7. The number of carbonyl (C=O) groups is 4. The molecule has 0 aromatic heterocycles. The number of methoxy groups -OCH3 is 1. The van der Waals surface area contributed by atoms with Crippen molar-refractivity contribution in [3.63, 3.8) is 0 Å². The minimum Gasteiger partial charge on any atom is -0.508 e. The van der Waals surface area contributed by atoms with Crippen molar-refractivity contribution in [2.75, 3.05) is 32.2 Å². The number of alkyl carbamates (subject to hydrolysis) is 1. The van der Waals surface area contributed by atoms with E-state index >= 15 is 0 Å². The van der Waals surface area contributed by atoms with E-state index in [4.69, 9.17) is 4.74 Å². The summed E-state index contributed by atoms with van der Waals surface area (Å²) in [4.78, 5) is 53.3. The first-order valence-corrected chi connectivity index (χ1v) is 14.2. The highest BCUT2D eigenvalue weighted by Crippen LogP contribution is 2.28. The average molecular weight is 554 g/mol. The summed E-state index contributed by atoms with van der Waals surface area (Å²) < 4.78 is 10.0. The van der Waals surface area contributed by atoms with Gasteiger partial charge in [0.25, 0.3) is 0 Å². The monoisotopic (exact) mass is 553 g/mol. The summed E-state index contributed by atoms with van der Waals surface area (Å²) >= 11 is 1.53. The largest absolute Gasteiger partial charge is 0.508 e. The van der Waals surface area contributed by atoms with Crippen LogP contribution in [-0.4, -0.2) is 77.7 Å². The van der Waals surface area contributed by atoms with Crippen LogP contribution in [-0.2, 0) is 23.9 Å². The zero-order chi connectivity index (χ0) is 28.9. The Labute approximate surface area is 230 Å². The van der Waals surface area contributed by atoms with E-state index in [1.807, 2.05) is 13.2 Å². The Kier molecular flexibility index (Phi) is 14.0. The maximum atomic E-state index is 14.0. The lowest BCUT2D eigenvalue weighted by Crippen LogP contribution is -2.53. The number of esters is 1. The molecule has 1 rings (SSSR count). The number of amides is 3. The number of nitrogens with zero attached hydrogens (tertiary/aromatic N) is 1. The van der Waals surface area contributed by atoms with Crippen LogP contribution in [0.4, 0.5) is 4.79 Å². The molecule has 3 amide bonds. The van der Waals surface area contributed by atoms with E-state index < -0.39 is 41.6 Å². The molecule has 38 heavy (non-hydrogen) atoms. The van der Waals surface area contributed by atoms with Crippen molar-refractivity contribution in [2.24, 2.45) is 0 Å². The molecule has 1 aromatic rings. The van der Waals surface area contributed by atoms with Gasteiger partial charge in [-0.25, -0.2) is 4.79 Å². The van der Waals surface area contributed by atoms with Gasteiger partial charge < -0.3 is 30.1 Å². The SMILES string of the molecule is CCCCCN(C(=O)C(CCSC)NC(=O)OC(C)(C)C)C(C(=O)NCC(=O)OC)c1ccc(O)c(C)c1. The summed E-state index contributed by atoms with van der Waals surface area (Å²) in [5, 5.41) is 15.3. The lowest BCUT2D eigenvalue weighted by atomic mass is 9.99. The molecule has 0 spiro atoms. The molecule has 0 bridgehead atoms. The minimum atomic E-state index is -1.11. The second kappa shape index (κ2) is 16.1. The molecule has 2 unspecified atom stereocenters. The number of hydrogen-bond acceptors (Lipinski definition) is 8. The quantitative estimate of drug-likeness (QED) is 0.235. The number of unbranched alkanes of at least 4 members (excludes halogenated alkanes) is 2. The predicted octanol–water partition coefficient (Wildman–Crippen LogP) is 3.70. The number of benzene rings is 1. The molecule has 0 aliphatic rings. The molecule has 0 saturated heterocycles. The van der Waals surface area contributed by atoms with Crippen LogP contribution in [0.1, 0.15) is 70.5 Å². The third-order valence-electron chi connectivity index (χ3n) is 5.62. The maximum Gasteiger partial charge on any atom is 0.408 e. The van der Waals surface area contributed by atoms with E-state index in [-0.39, 0.29) is 18.8 Å². The van der Waals surface area contributed by atoms with Gasteiger partial charge in [0.1, 0.15) is 30.0 Å². The summed E-state index contributed by atoms with van der Waals surface area (Å²) in [5.41, 5.74) is 0.242. The predicted molar refractivity (Wildman–Crippen MR) is 148 cm³/mol. The first-order valence-electron chi connectivity index (χ1n) is 12.8. The zero-order valence-electron chi connectivity index (χ0n) is 23.6. The molecule has 1 aromatic carbocycles. The molecule has 10 nitrogen and oxygen atoms in total. The lowest BCUT2D eigenvalue weighted by Gasteiger charge is -2.34. The highest BCUT2D eigenvalue weighted by Gasteiger charge is 2.36. The number of phenolic OH excluding ortho intramolecular Hbond substituents is 1. The van der Waals surface area contributed by atoms with Gasteiger partial charge in [-0.05, 0) is 75.8 Å². The Hall–Kier alpha value is -2.95. The third-order valence-corrected chi connectivity index (χ3v) is 6.26. The highest BCUT2D eigenvalue weighted by molar-refractivity contribution is 7.98. The van der Waals surface area contributed by atoms with Crippen LogP contribution in [0.5, 0.6) is 5.75 Å². The lowest BCUT2D eigenvalue weighted by molar-refractivity contribution is -0.144. The fourth-order valence-corrected chi connectivity index (χ4v) is 4.16. The molecule has 3 N–H and O–H groups in total. The molecule has 0 heterocycles. The molecule has 0 aliphatic carbocycles. The molecule has 0 aliphatic heterocycles. The van der Waals surface area contributed by atoms with Crippen LogP contribution in [0.3, 0.4) is 0 Å². The summed E-state index contributed by atoms with van der Waals surface area (Å²) in [6, 6.07) is 2.62. The van der Waals surface area contributed by atoms with Crippen LogP contribution in [0.25, 0.3) is 0 Å². The van der Waals surface area contributed by atoms with Gasteiger partial charge in [-0.2, -0.15) is 11.8 Å². The maximum absolute atomic E-state index is 14.0. The number of rotatable bonds is 14. The Morgan fingerprint density at radius 2 is 1.84 bits per heavy atom. The first kappa shape index (κ1) is 33.1. The van der Waals surface area contributed by atoms with Crippen LogP contribution in [0.2, 0.25) is 0 Å². The van der Waals surface area contributed by atoms with Gasteiger partial charge in [0, 0.05) is 6.54 Å². The van der Waals surface area contributed by atoms with Crippen LogP contribution >= 0.6 is 11.8 Å². The fraction of sp³-hybridized carbons (Fsp3) is 0.630. The number of carbonyl (C=O) groups excluding carboxylic acids is 4. The van der Waals surface area contributed by atoms with Gasteiger partial charge in [-0.3, -0.25) is 14.4 Å². The Morgan fingerprint density at radius 3 is 2.39 bits per heavy atom. The summed E-state index contributed by atoms with van der Waals surface area (Å²) in [6.45, 7) is 8.80. The molecule has 0 fully saturated rings. The summed E-state index contributed by atoms with van der Waals surface area (Å²) in [7, 11) is 1.22. The van der Waals surface area contributed by atoms with E-state index in [1.54, 1.807) is 39.8 Å². The highest BCUT2D eigenvalue weighted by atomic mass is 32.2. The van der Waals surface area contributed by atoms with Crippen LogP contribution < -0.4 is 10.6 Å². The van der Waals surface area contributed by atoms with Gasteiger partial charge >= 0.3 is 12.1 Å². The number of phenols is 1. The van der Waals surface area contributed by atoms with Gasteiger partial charge in [0.2, 0.25) is 11.8 Å². The minimum absolute atomic E-state index is 0.0516. The van der Waals surface area contributed by atoms with Gasteiger partial charge in [-0.1, -0.05) is 25.8 Å². The van der Waals surface area contributed by atoms with Crippen LogP contribution in [0, 0.1) is 6.92 Å². The van der Waals surface area contributed by atoms with Crippen molar-refractivity contribution in [2.45, 2.75) is 78.0 Å². The standard InChI is InChI=1S/C27H43N3O7S/c1-8-9-10-14-30(25(34)20(13-15-38-7)29-26(35)37-27(3,4)5)23(24(33)28-17-22(32)36-6)19-11-12-21(31)18(2)16-19/h11-12,16,20,23,31H,8-10,13-15,17H2,1-7H3,(H,28,33)(H,29,35). The Morgan fingerprint density at radius 1 is 1.16 bits per heavy atom. The fourth-order valence-electron chi connectivity index (χ4n) is 3.69. The smallest absolute Gasteiger partial charge is 0.408 e. The molecule has 0 radical (unpaired) electrons. The number of ether oxygens (including phenoxy) is 2. The summed E-state index contributed by atoms with van der Waals surface area (Å²) in [6.07, 6.45) is 3.85. The third kappa shape index (κ3) is 11.2. The van der Waals surface area contributed by atoms with Crippen molar-refractivity contribution in [3.05, 3.63) is 29.3 Å². The van der Waals surface area contributed by atoms with Crippen molar-refractivity contribution in [1.29, 1.82) is 0 Å². The van der Waals surface area contributed by atoms with E-state index in [2.05, 4.69) is 15.4 Å². The second-order valence-corrected chi connectivity index (χ2v) is 10.9. The zero-order valence-corrected chi connectivity index (χ0v) is 24.4. The van der Waals surface area contributed by atoms with Gasteiger partial charge in [0.05, 0.1) is 7.11 Å². The van der Waals surface area contributed by atoms with Crippen molar-refractivity contribution < 1.29 is 33.8 Å². The van der Waals surface area contributed by atoms with E-state index in [0.717, 1.165) is 12.8 Å². The number of aryl methyl sites for hydroxylation is 1. The molecule has 214 valence electrons. The number of hydrogen-bond donors (Lipinski definition) is 3. The van der Waals surface area contributed by atoms with E-state index in [0.29, 0.717) is 29.7 Å². The molecular formula is C27H43N3O7S.